The molecule has 3 nitrogen and oxygen atoms in total. The van der Waals surface area contributed by atoms with Crippen molar-refractivity contribution in [3.05, 3.63) is 124 Å². The lowest BCUT2D eigenvalue weighted by molar-refractivity contribution is -0.180. The van der Waals surface area contributed by atoms with Crippen LogP contribution >= 0.6 is 0 Å². The summed E-state index contributed by atoms with van der Waals surface area (Å²) in [5, 5.41) is 2.33. The van der Waals surface area contributed by atoms with E-state index in [1.807, 2.05) is 0 Å². The van der Waals surface area contributed by atoms with E-state index in [1.54, 1.807) is 6.92 Å². The summed E-state index contributed by atoms with van der Waals surface area (Å²) < 4.78 is 124. The molecule has 0 aliphatic heterocycles. The summed E-state index contributed by atoms with van der Waals surface area (Å²) in [6.45, 7) is 5.46. The summed E-state index contributed by atoms with van der Waals surface area (Å²) >= 11 is 0. The maximum absolute atomic E-state index is 14.3. The zero-order chi connectivity index (χ0) is 36.7. The monoisotopic (exact) mass is 693 g/mol. The van der Waals surface area contributed by atoms with Gasteiger partial charge in [-0.15, -0.1) is 0 Å². The van der Waals surface area contributed by atoms with Gasteiger partial charge in [-0.1, -0.05) is 54.6 Å². The molecule has 0 fully saturated rings. The lowest BCUT2D eigenvalue weighted by atomic mass is 9.82. The number of Topliss-reactive ketones (excluding diaryl/α,β-unsaturated/α-hetero) is 1. The molecule has 0 unspecified atom stereocenters. The van der Waals surface area contributed by atoms with Crippen LogP contribution in [0, 0.1) is 6.92 Å². The molecule has 1 amide bonds. The van der Waals surface area contributed by atoms with Gasteiger partial charge in [-0.05, 0) is 98.3 Å². The maximum Gasteiger partial charge on any atom is 0.417 e. The van der Waals surface area contributed by atoms with Gasteiger partial charge in [0.2, 0.25) is 0 Å². The Morgan fingerprint density at radius 1 is 0.612 bits per heavy atom. The fraction of sp³-hybridized carbons (Fsp3) is 0.297. The van der Waals surface area contributed by atoms with Crippen molar-refractivity contribution in [2.75, 3.05) is 5.32 Å². The SMILES string of the molecule is Cc1cc(CC(=O)c2cccc(C(C)(C)C(F)(F)F)c2)ccc1-c1ccc(NC(=O)c2cccc(C(C)(C)C(F)(F)F)c2)cc1C(F)(F)F. The lowest BCUT2D eigenvalue weighted by Crippen LogP contribution is -2.36. The van der Waals surface area contributed by atoms with Crippen LogP contribution in [0.25, 0.3) is 11.1 Å². The van der Waals surface area contributed by atoms with Gasteiger partial charge in [0.05, 0.1) is 16.4 Å². The Kier molecular flexibility index (Phi) is 9.89. The van der Waals surface area contributed by atoms with E-state index >= 15 is 0 Å². The third-order valence-corrected chi connectivity index (χ3v) is 8.70. The Balaban J connectivity index is 1.59. The number of benzene rings is 4. The molecule has 49 heavy (non-hydrogen) atoms. The van der Waals surface area contributed by atoms with Crippen LogP contribution < -0.4 is 5.32 Å². The molecule has 4 aromatic rings. The topological polar surface area (TPSA) is 46.2 Å². The van der Waals surface area contributed by atoms with Gasteiger partial charge < -0.3 is 5.32 Å². The summed E-state index contributed by atoms with van der Waals surface area (Å²) in [6, 6.07) is 17.5. The molecule has 0 saturated carbocycles. The Morgan fingerprint density at radius 3 is 1.63 bits per heavy atom. The minimum atomic E-state index is -4.87. The Bertz CT molecular complexity index is 1880. The number of carbonyl (C=O) groups is 2. The zero-order valence-corrected chi connectivity index (χ0v) is 27.0. The first kappa shape index (κ1) is 37.2. The second-order valence-electron chi connectivity index (χ2n) is 12.9. The van der Waals surface area contributed by atoms with Crippen molar-refractivity contribution in [3.63, 3.8) is 0 Å². The zero-order valence-electron chi connectivity index (χ0n) is 27.0. The average Bonchev–Trinajstić information content (AvgIpc) is 3.00. The second kappa shape index (κ2) is 13.0. The second-order valence-corrected chi connectivity index (χ2v) is 12.9. The number of hydrogen-bond donors (Lipinski definition) is 1. The van der Waals surface area contributed by atoms with Crippen LogP contribution in [-0.4, -0.2) is 24.0 Å². The minimum Gasteiger partial charge on any atom is -0.322 e. The van der Waals surface area contributed by atoms with E-state index in [4.69, 9.17) is 0 Å². The smallest absolute Gasteiger partial charge is 0.322 e. The third kappa shape index (κ3) is 7.84. The molecule has 0 bridgehead atoms. The predicted molar refractivity (Wildman–Crippen MR) is 169 cm³/mol. The molecule has 4 aromatic carbocycles. The fourth-order valence-electron chi connectivity index (χ4n) is 5.18. The highest BCUT2D eigenvalue weighted by molar-refractivity contribution is 6.04. The largest absolute Gasteiger partial charge is 0.417 e. The number of aryl methyl sites for hydroxylation is 1. The molecule has 0 spiro atoms. The number of alkyl halides is 9. The van der Waals surface area contributed by atoms with Crippen LogP contribution in [0.5, 0.6) is 0 Å². The number of nitrogens with one attached hydrogen (secondary N) is 1. The van der Waals surface area contributed by atoms with Crippen molar-refractivity contribution >= 4 is 17.4 Å². The van der Waals surface area contributed by atoms with Gasteiger partial charge in [0.1, 0.15) is 0 Å². The quantitative estimate of drug-likeness (QED) is 0.148. The molecule has 0 atom stereocenters. The first-order valence-electron chi connectivity index (χ1n) is 14.9. The molecule has 0 heterocycles. The number of amides is 1. The van der Waals surface area contributed by atoms with E-state index in [1.165, 1.54) is 66.7 Å². The minimum absolute atomic E-state index is 0.0596. The number of carbonyl (C=O) groups excluding carboxylic acids is 2. The molecule has 0 aliphatic carbocycles. The summed E-state index contributed by atoms with van der Waals surface area (Å²) in [4.78, 5) is 25.9. The van der Waals surface area contributed by atoms with Gasteiger partial charge in [0.15, 0.2) is 5.78 Å². The van der Waals surface area contributed by atoms with E-state index in [2.05, 4.69) is 5.32 Å². The highest BCUT2D eigenvalue weighted by atomic mass is 19.4. The molecular formula is C37H32F9NO2. The van der Waals surface area contributed by atoms with E-state index in [9.17, 15) is 49.1 Å². The molecule has 1 N–H and O–H groups in total. The number of hydrogen-bond acceptors (Lipinski definition) is 2. The summed E-state index contributed by atoms with van der Waals surface area (Å²) in [7, 11) is 0. The predicted octanol–water partition coefficient (Wildman–Crippen LogP) is 11.0. The number of halogens is 9. The van der Waals surface area contributed by atoms with Crippen LogP contribution in [-0.2, 0) is 23.4 Å². The van der Waals surface area contributed by atoms with Gasteiger partial charge in [-0.3, -0.25) is 9.59 Å². The van der Waals surface area contributed by atoms with Crippen molar-refractivity contribution in [2.24, 2.45) is 0 Å². The number of ketones is 1. The Hall–Kier alpha value is -4.61. The molecule has 0 radical (unpaired) electrons. The molecule has 12 heteroatoms. The van der Waals surface area contributed by atoms with Crippen LogP contribution in [0.3, 0.4) is 0 Å². The van der Waals surface area contributed by atoms with E-state index in [0.29, 0.717) is 11.1 Å². The van der Waals surface area contributed by atoms with Gasteiger partial charge in [0.25, 0.3) is 5.91 Å². The molecule has 0 aliphatic rings. The van der Waals surface area contributed by atoms with E-state index < -0.39 is 46.6 Å². The standard InChI is InChI=1S/C37H32F9NO2/c1-21-16-22(17-31(48)23-8-6-10-25(18-23)33(2,3)36(41,42)43)12-14-28(21)29-15-13-27(20-30(29)35(38,39)40)47-32(49)24-9-7-11-26(19-24)34(4,5)37(44,45)46/h6-16,18-20H,17H2,1-5H3,(H,47,49). The van der Waals surface area contributed by atoms with Gasteiger partial charge >= 0.3 is 18.5 Å². The maximum atomic E-state index is 14.3. The first-order chi connectivity index (χ1) is 22.4. The van der Waals surface area contributed by atoms with Crippen molar-refractivity contribution in [2.45, 2.75) is 70.4 Å². The molecule has 260 valence electrons. The summed E-state index contributed by atoms with van der Waals surface area (Å²) in [5.41, 5.74) is -5.45. The van der Waals surface area contributed by atoms with Crippen LogP contribution in [0.4, 0.5) is 45.2 Å². The van der Waals surface area contributed by atoms with Crippen LogP contribution in [0.2, 0.25) is 0 Å². The van der Waals surface area contributed by atoms with E-state index in [0.717, 1.165) is 45.9 Å². The highest BCUT2D eigenvalue weighted by Gasteiger charge is 2.49. The number of anilines is 1. The third-order valence-electron chi connectivity index (χ3n) is 8.70. The van der Waals surface area contributed by atoms with Crippen molar-refractivity contribution in [1.82, 2.24) is 0 Å². The van der Waals surface area contributed by atoms with Crippen LogP contribution in [0.15, 0.2) is 84.9 Å². The highest BCUT2D eigenvalue weighted by Crippen LogP contribution is 2.43. The molecular weight excluding hydrogens is 661 g/mol. The van der Waals surface area contributed by atoms with Gasteiger partial charge in [-0.2, -0.15) is 39.5 Å². The molecule has 0 saturated heterocycles. The Morgan fingerprint density at radius 2 is 1.12 bits per heavy atom. The lowest BCUT2D eigenvalue weighted by Gasteiger charge is -2.28. The average molecular weight is 694 g/mol. The van der Waals surface area contributed by atoms with Crippen LogP contribution in [0.1, 0.15) is 76.2 Å². The summed E-state index contributed by atoms with van der Waals surface area (Å²) in [6.07, 6.45) is -14.3. The Labute approximate surface area is 277 Å². The molecule has 4 rings (SSSR count). The van der Waals surface area contributed by atoms with Gasteiger partial charge in [-0.25, -0.2) is 0 Å². The molecule has 0 aromatic heterocycles. The van der Waals surface area contributed by atoms with Crippen molar-refractivity contribution in [1.29, 1.82) is 0 Å². The van der Waals surface area contributed by atoms with E-state index in [-0.39, 0.29) is 45.5 Å². The normalized spacial score (nSPS) is 12.9. The van der Waals surface area contributed by atoms with Crippen molar-refractivity contribution in [3.8, 4) is 11.1 Å². The first-order valence-corrected chi connectivity index (χ1v) is 14.9. The van der Waals surface area contributed by atoms with Gasteiger partial charge in [0, 0.05) is 23.2 Å². The van der Waals surface area contributed by atoms with Crippen molar-refractivity contribution < 1.29 is 49.1 Å². The fourth-order valence-corrected chi connectivity index (χ4v) is 5.18. The number of rotatable bonds is 8. The summed E-state index contributed by atoms with van der Waals surface area (Å²) in [5.74, 6) is -1.38.